The Morgan fingerprint density at radius 3 is 2.10 bits per heavy atom. The molecule has 7 aromatic rings. The van der Waals surface area contributed by atoms with Crippen LogP contribution in [0, 0.1) is 0 Å². The lowest BCUT2D eigenvalue weighted by atomic mass is 9.88. The molecule has 526 valence electrons. The molecule has 0 radical (unpaired) electrons. The van der Waals surface area contributed by atoms with Gasteiger partial charge in [0.1, 0.15) is 23.1 Å². The van der Waals surface area contributed by atoms with E-state index in [1.165, 1.54) is 41.6 Å². The van der Waals surface area contributed by atoms with Gasteiger partial charge >= 0.3 is 5.69 Å². The molecule has 1 aliphatic heterocycles. The highest BCUT2D eigenvalue weighted by molar-refractivity contribution is 7.92. The number of amides is 2. The summed E-state index contributed by atoms with van der Waals surface area (Å²) in [5, 5.41) is 11.3. The highest BCUT2D eigenvalue weighted by Crippen LogP contribution is 2.40. The van der Waals surface area contributed by atoms with Gasteiger partial charge in [0.15, 0.2) is 28.8 Å². The van der Waals surface area contributed by atoms with Gasteiger partial charge in [-0.05, 0) is 126 Å². The normalized spacial score (nSPS) is 13.8. The first-order valence-electron chi connectivity index (χ1n) is 33.4. The number of carbonyl (C=O) groups is 4. The Bertz CT molecular complexity index is 4210. The fourth-order valence-electron chi connectivity index (χ4n) is 11.9. The molecule has 4 aromatic carbocycles. The number of benzene rings is 4. The number of nitrogens with zero attached hydrogens (tertiary/aromatic N) is 8. The molecule has 2 amide bonds. The van der Waals surface area contributed by atoms with Gasteiger partial charge in [-0.1, -0.05) is 18.6 Å². The summed E-state index contributed by atoms with van der Waals surface area (Å²) in [6.07, 6.45) is 9.11. The van der Waals surface area contributed by atoms with E-state index in [1.54, 1.807) is 50.6 Å². The molecule has 4 heterocycles. The fraction of sp³-hybridized carbons (Fsp3) is 0.458. The number of ketones is 2. The summed E-state index contributed by atoms with van der Waals surface area (Å²) >= 11 is 0. The minimum absolute atomic E-state index is 0.0220. The van der Waals surface area contributed by atoms with Gasteiger partial charge in [0, 0.05) is 138 Å². The van der Waals surface area contributed by atoms with Gasteiger partial charge in [0.25, 0.3) is 10.0 Å². The molecule has 1 aliphatic carbocycles. The van der Waals surface area contributed by atoms with Crippen LogP contribution in [0.5, 0.6) is 34.5 Å². The predicted octanol–water partition coefficient (Wildman–Crippen LogP) is 9.04. The third-order valence-electron chi connectivity index (χ3n) is 17.2. The van der Waals surface area contributed by atoms with Crippen LogP contribution in [0.25, 0.3) is 33.1 Å². The number of allylic oxidation sites excluding steroid dienone is 4. The molecule has 1 saturated heterocycles. The minimum Gasteiger partial charge on any atom is -0.493 e. The maximum atomic E-state index is 13.9. The lowest BCUT2D eigenvalue weighted by Gasteiger charge is -2.35. The van der Waals surface area contributed by atoms with Crippen molar-refractivity contribution < 1.29 is 60.8 Å². The zero-order valence-electron chi connectivity index (χ0n) is 58.0. The Morgan fingerprint density at radius 2 is 1.41 bits per heavy atom. The fourth-order valence-corrected chi connectivity index (χ4v) is 13.0. The molecule has 3 aromatic heterocycles. The van der Waals surface area contributed by atoms with Gasteiger partial charge < -0.3 is 48.7 Å². The van der Waals surface area contributed by atoms with Crippen LogP contribution in [0.3, 0.4) is 0 Å². The topological polar surface area (TPSA) is 270 Å². The second-order valence-electron chi connectivity index (χ2n) is 25.0. The molecule has 98 heavy (non-hydrogen) atoms. The number of rotatable bonds is 37. The summed E-state index contributed by atoms with van der Waals surface area (Å²) in [5.41, 5.74) is 6.72. The van der Waals surface area contributed by atoms with Crippen molar-refractivity contribution in [3.63, 3.8) is 0 Å². The van der Waals surface area contributed by atoms with Crippen molar-refractivity contribution in [1.29, 1.82) is 0 Å². The third-order valence-corrected chi connectivity index (χ3v) is 18.6. The summed E-state index contributed by atoms with van der Waals surface area (Å²) < 4.78 is 75.8. The van der Waals surface area contributed by atoms with E-state index >= 15 is 0 Å². The number of fused-ring (bicyclic) bond motifs is 2. The van der Waals surface area contributed by atoms with Crippen molar-refractivity contribution in [2.45, 2.75) is 90.5 Å². The number of hydrogen-bond donors (Lipinski definition) is 3. The van der Waals surface area contributed by atoms with E-state index < -0.39 is 10.0 Å². The summed E-state index contributed by atoms with van der Waals surface area (Å²) in [6.45, 7) is 17.7. The number of sulfonamides is 1. The molecule has 1 fully saturated rings. The van der Waals surface area contributed by atoms with E-state index in [4.69, 9.17) is 38.1 Å². The first-order chi connectivity index (χ1) is 47.1. The number of pyridine rings is 1. The van der Waals surface area contributed by atoms with Gasteiger partial charge in [-0.2, -0.15) is 5.10 Å². The molecule has 9 rings (SSSR count). The standard InChI is InChI=1S/C72H93N11O14S/c1-11-29-95-53-39-54(41-55(40-53)97-67-44-63-62(79(7)72(88)80(63)8)43-60(67)77-98(89,90)56-15-18-66(91-9)68(42-56)92-10)96-30-13-12-23-78(6)47-71(87)74-22-32-94-34-33-93-31-20-70(86)73-21-24-81-25-27-82(28-26-81)69-19-14-51(45-75-69)52-37-58(59-46-76-83(48(2)3)61(59)38-52)64(84)17-16-57-50(5)35-49(4)36-65(57)85/h14-15,18-19,35,37-46,48,77H,11-13,16-17,20-34,36,47H2,1-10H3,(H,73,86)(H,74,87). The Labute approximate surface area is 573 Å². The molecule has 0 atom stereocenters. The molecule has 0 saturated carbocycles. The monoisotopic (exact) mass is 1370 g/mol. The number of nitrogens with one attached hydrogen (secondary N) is 3. The lowest BCUT2D eigenvalue weighted by Crippen LogP contribution is -2.48. The maximum Gasteiger partial charge on any atom is 0.328 e. The van der Waals surface area contributed by atoms with Crippen LogP contribution in [-0.4, -0.2) is 185 Å². The average Bonchev–Trinajstić information content (AvgIpc) is 1.61. The number of carbonyl (C=O) groups excluding carboxylic acids is 4. The zero-order valence-corrected chi connectivity index (χ0v) is 58.8. The number of likely N-dealkylation sites (N-methyl/N-ethyl adjacent to an activating group) is 1. The number of anilines is 2. The van der Waals surface area contributed by atoms with Crippen molar-refractivity contribution >= 4 is 66.8 Å². The predicted molar refractivity (Wildman–Crippen MR) is 377 cm³/mol. The number of piperazine rings is 1. The summed E-state index contributed by atoms with van der Waals surface area (Å²) in [7, 11) is 3.75. The Hall–Kier alpha value is -9.08. The molecule has 0 spiro atoms. The van der Waals surface area contributed by atoms with Crippen LogP contribution < -0.4 is 49.6 Å². The van der Waals surface area contributed by atoms with Crippen LogP contribution in [0.2, 0.25) is 0 Å². The van der Waals surface area contributed by atoms with E-state index in [2.05, 4.69) is 56.2 Å². The molecule has 0 unspecified atom stereocenters. The van der Waals surface area contributed by atoms with Gasteiger partial charge in [0.05, 0.1) is 93.7 Å². The highest BCUT2D eigenvalue weighted by Gasteiger charge is 2.26. The first-order valence-corrected chi connectivity index (χ1v) is 34.9. The Morgan fingerprint density at radius 1 is 0.704 bits per heavy atom. The summed E-state index contributed by atoms with van der Waals surface area (Å²) in [4.78, 5) is 76.4. The number of unbranched alkanes of at least 4 members (excludes halogenated alkanes) is 1. The first kappa shape index (κ1) is 73.2. The second kappa shape index (κ2) is 34.4. The smallest absolute Gasteiger partial charge is 0.328 e. The van der Waals surface area contributed by atoms with Gasteiger partial charge in [-0.3, -0.25) is 47.5 Å². The number of aryl methyl sites for hydroxylation is 2. The number of Topliss-reactive ketones (excluding diaryl/α,β-unsaturated/α-hetero) is 2. The van der Waals surface area contributed by atoms with E-state index in [0.717, 1.165) is 90.1 Å². The third kappa shape index (κ3) is 19.2. The van der Waals surface area contributed by atoms with E-state index in [-0.39, 0.29) is 83.2 Å². The largest absolute Gasteiger partial charge is 0.493 e. The molecular weight excluding hydrogens is 1270 g/mol. The molecule has 2 aliphatic rings. The van der Waals surface area contributed by atoms with E-state index in [1.807, 2.05) is 61.8 Å². The highest BCUT2D eigenvalue weighted by atomic mass is 32.2. The second-order valence-corrected chi connectivity index (χ2v) is 26.6. The van der Waals surface area contributed by atoms with Crippen LogP contribution in [0.15, 0.2) is 118 Å². The van der Waals surface area contributed by atoms with Crippen LogP contribution in [-0.2, 0) is 48.0 Å². The quantitative estimate of drug-likeness (QED) is 0.0242. The van der Waals surface area contributed by atoms with Crippen molar-refractivity contribution in [2.24, 2.45) is 14.1 Å². The van der Waals surface area contributed by atoms with Crippen LogP contribution >= 0.6 is 0 Å². The maximum absolute atomic E-state index is 13.9. The van der Waals surface area contributed by atoms with Crippen molar-refractivity contribution in [3.05, 3.63) is 124 Å². The molecule has 3 N–H and O–H groups in total. The van der Waals surface area contributed by atoms with Gasteiger partial charge in [-0.15, -0.1) is 0 Å². The SMILES string of the molecule is CCCOc1cc(OCCCCN(C)CC(=O)NCCOCCOCCC(=O)NCCN2CCN(c3ccc(-c4cc(C(=O)CCC5=C(C)C=C(C)CC5=O)c5cnn(C(C)C)c5c4)cn3)CC2)cc(Oc2cc3c(cc2NS(=O)(=O)c2ccc(OC)c(OC)c2)n(C)c(=O)n3C)c1. The molecule has 0 bridgehead atoms. The average molecular weight is 1370 g/mol. The number of imidazole rings is 1. The van der Waals surface area contributed by atoms with Gasteiger partial charge in [-0.25, -0.2) is 18.2 Å². The van der Waals surface area contributed by atoms with Crippen LogP contribution in [0.1, 0.15) is 96.0 Å². The number of methoxy groups -OCH3 is 2. The molecule has 25 nitrogen and oxygen atoms in total. The molecular formula is C72H93N11O14S. The number of ether oxygens (including phenoxy) is 7. The number of aromatic nitrogens is 5. The summed E-state index contributed by atoms with van der Waals surface area (Å²) in [6, 6.07) is 20.7. The lowest BCUT2D eigenvalue weighted by molar-refractivity contribution is -0.122. The Kier molecular flexibility index (Phi) is 25.7. The van der Waals surface area contributed by atoms with Gasteiger partial charge in [0.2, 0.25) is 11.8 Å². The summed E-state index contributed by atoms with van der Waals surface area (Å²) in [5.74, 6) is 2.70. The van der Waals surface area contributed by atoms with E-state index in [0.29, 0.717) is 112 Å². The van der Waals surface area contributed by atoms with Crippen molar-refractivity contribution in [1.82, 2.24) is 44.3 Å². The Balaban J connectivity index is 0.626. The van der Waals surface area contributed by atoms with Crippen LogP contribution in [0.4, 0.5) is 11.5 Å². The zero-order chi connectivity index (χ0) is 70.0. The van der Waals surface area contributed by atoms with E-state index in [9.17, 15) is 32.4 Å². The van der Waals surface area contributed by atoms with Crippen molar-refractivity contribution in [2.75, 3.05) is 129 Å². The van der Waals surface area contributed by atoms with Crippen molar-refractivity contribution in [3.8, 4) is 45.6 Å². The number of hydrogen-bond acceptors (Lipinski definition) is 19. The molecule has 26 heteroatoms. The minimum atomic E-state index is -4.22.